The van der Waals surface area contributed by atoms with Gasteiger partial charge in [0.1, 0.15) is 0 Å². The number of urea groups is 1. The zero-order valence-corrected chi connectivity index (χ0v) is 15.3. The number of anilines is 1. The molecule has 7 heteroatoms. The maximum atomic E-state index is 12.2. The van der Waals surface area contributed by atoms with Crippen LogP contribution >= 0.6 is 0 Å². The summed E-state index contributed by atoms with van der Waals surface area (Å²) < 4.78 is 4.78. The fourth-order valence-electron chi connectivity index (χ4n) is 3.30. The number of hydrogen-bond donors (Lipinski definition) is 4. The Hall–Kier alpha value is -3.74. The molecule has 0 aliphatic carbocycles. The summed E-state index contributed by atoms with van der Waals surface area (Å²) in [5, 5.41) is 7.53. The molecule has 0 aliphatic heterocycles. The number of esters is 1. The van der Waals surface area contributed by atoms with Crippen molar-refractivity contribution in [3.63, 3.8) is 0 Å². The Bertz CT molecular complexity index is 1160. The van der Waals surface area contributed by atoms with Gasteiger partial charge in [0.25, 0.3) is 0 Å². The predicted octanol–water partition coefficient (Wildman–Crippen LogP) is 3.80. The van der Waals surface area contributed by atoms with Gasteiger partial charge in [0, 0.05) is 46.4 Å². The number of methoxy groups -OCH3 is 1. The number of aromatic amines is 2. The van der Waals surface area contributed by atoms with E-state index < -0.39 is 5.97 Å². The molecular weight excluding hydrogens is 356 g/mol. The van der Waals surface area contributed by atoms with Crippen LogP contribution in [0.15, 0.2) is 54.9 Å². The van der Waals surface area contributed by atoms with Crippen LogP contribution in [0.25, 0.3) is 21.8 Å². The number of nitrogens with one attached hydrogen (secondary N) is 4. The maximum Gasteiger partial charge on any atom is 0.340 e. The molecule has 2 amide bonds. The van der Waals surface area contributed by atoms with Crippen molar-refractivity contribution >= 4 is 39.5 Å². The van der Waals surface area contributed by atoms with E-state index in [4.69, 9.17) is 4.74 Å². The van der Waals surface area contributed by atoms with Gasteiger partial charge in [-0.1, -0.05) is 18.2 Å². The number of para-hydroxylation sites is 1. The molecule has 0 saturated heterocycles. The van der Waals surface area contributed by atoms with Crippen LogP contribution in [0.5, 0.6) is 0 Å². The van der Waals surface area contributed by atoms with Crippen LogP contribution in [-0.2, 0) is 11.2 Å². The summed E-state index contributed by atoms with van der Waals surface area (Å²) in [5.41, 5.74) is 4.07. The lowest BCUT2D eigenvalue weighted by atomic mass is 10.1. The molecule has 0 spiro atoms. The smallest absolute Gasteiger partial charge is 0.340 e. The van der Waals surface area contributed by atoms with Gasteiger partial charge in [-0.3, -0.25) is 0 Å². The van der Waals surface area contributed by atoms with Gasteiger partial charge in [-0.25, -0.2) is 9.59 Å². The Morgan fingerprint density at radius 2 is 1.79 bits per heavy atom. The van der Waals surface area contributed by atoms with Gasteiger partial charge >= 0.3 is 12.0 Å². The van der Waals surface area contributed by atoms with Crippen molar-refractivity contribution in [3.8, 4) is 0 Å². The number of rotatable bonds is 5. The van der Waals surface area contributed by atoms with E-state index in [2.05, 4.69) is 26.7 Å². The Kier molecular flexibility index (Phi) is 4.72. The minimum atomic E-state index is -0.424. The average Bonchev–Trinajstić information content (AvgIpc) is 3.31. The van der Waals surface area contributed by atoms with E-state index in [1.54, 1.807) is 18.3 Å². The largest absolute Gasteiger partial charge is 0.465 e. The third-order valence-electron chi connectivity index (χ3n) is 4.70. The van der Waals surface area contributed by atoms with E-state index in [0.29, 0.717) is 23.2 Å². The van der Waals surface area contributed by atoms with E-state index in [-0.39, 0.29) is 6.03 Å². The fourth-order valence-corrected chi connectivity index (χ4v) is 3.30. The van der Waals surface area contributed by atoms with E-state index in [9.17, 15) is 9.59 Å². The van der Waals surface area contributed by atoms with Crippen LogP contribution in [0.4, 0.5) is 10.5 Å². The van der Waals surface area contributed by atoms with Crippen LogP contribution in [-0.4, -0.2) is 35.6 Å². The lowest BCUT2D eigenvalue weighted by Crippen LogP contribution is -2.30. The second-order valence-electron chi connectivity index (χ2n) is 6.44. The van der Waals surface area contributed by atoms with Gasteiger partial charge in [0.2, 0.25) is 0 Å². The summed E-state index contributed by atoms with van der Waals surface area (Å²) in [7, 11) is 1.34. The van der Waals surface area contributed by atoms with Crippen LogP contribution in [0.2, 0.25) is 0 Å². The number of fused-ring (bicyclic) bond motifs is 2. The standard InChI is InChI=1S/C21H20N4O3/c1-28-20(26)17-12-24-19-7-6-14(10-16(17)19)25-21(27)22-9-8-13-11-23-18-5-3-2-4-15(13)18/h2-7,10-12,23-24H,8-9H2,1H3,(H2,22,25,27). The monoisotopic (exact) mass is 376 g/mol. The molecule has 142 valence electrons. The van der Waals surface area contributed by atoms with Gasteiger partial charge in [0.15, 0.2) is 0 Å². The molecule has 0 unspecified atom stereocenters. The molecule has 28 heavy (non-hydrogen) atoms. The van der Waals surface area contributed by atoms with Crippen molar-refractivity contribution in [1.82, 2.24) is 15.3 Å². The topological polar surface area (TPSA) is 99.0 Å². The van der Waals surface area contributed by atoms with Crippen LogP contribution in [0.3, 0.4) is 0 Å². The van der Waals surface area contributed by atoms with Crippen molar-refractivity contribution in [2.24, 2.45) is 0 Å². The first kappa shape index (κ1) is 17.7. The summed E-state index contributed by atoms with van der Waals surface area (Å²) >= 11 is 0. The second-order valence-corrected chi connectivity index (χ2v) is 6.44. The molecular formula is C21H20N4O3. The molecule has 0 saturated carbocycles. The third kappa shape index (κ3) is 3.42. The lowest BCUT2D eigenvalue weighted by molar-refractivity contribution is 0.0603. The highest BCUT2D eigenvalue weighted by molar-refractivity contribution is 6.05. The number of carbonyl (C=O) groups is 2. The summed E-state index contributed by atoms with van der Waals surface area (Å²) in [5.74, 6) is -0.424. The highest BCUT2D eigenvalue weighted by atomic mass is 16.5. The van der Waals surface area contributed by atoms with E-state index in [1.165, 1.54) is 7.11 Å². The quantitative estimate of drug-likeness (QED) is 0.399. The van der Waals surface area contributed by atoms with Crippen molar-refractivity contribution in [2.45, 2.75) is 6.42 Å². The van der Waals surface area contributed by atoms with Crippen molar-refractivity contribution in [1.29, 1.82) is 0 Å². The number of hydrogen-bond acceptors (Lipinski definition) is 3. The van der Waals surface area contributed by atoms with Crippen LogP contribution in [0.1, 0.15) is 15.9 Å². The summed E-state index contributed by atoms with van der Waals surface area (Å²) in [6.07, 6.45) is 4.29. The molecule has 0 fully saturated rings. The molecule has 2 aromatic heterocycles. The molecule has 7 nitrogen and oxygen atoms in total. The minimum Gasteiger partial charge on any atom is -0.465 e. The first-order valence-corrected chi connectivity index (χ1v) is 8.95. The number of H-pyrrole nitrogens is 2. The van der Waals surface area contributed by atoms with Gasteiger partial charge in [-0.05, 0) is 36.2 Å². The zero-order valence-electron chi connectivity index (χ0n) is 15.3. The van der Waals surface area contributed by atoms with Crippen molar-refractivity contribution in [3.05, 3.63) is 66.0 Å². The van der Waals surface area contributed by atoms with Crippen molar-refractivity contribution < 1.29 is 14.3 Å². The molecule has 4 aromatic rings. The minimum absolute atomic E-state index is 0.297. The van der Waals surface area contributed by atoms with Gasteiger partial charge in [-0.15, -0.1) is 0 Å². The number of amides is 2. The zero-order chi connectivity index (χ0) is 19.5. The molecule has 0 radical (unpaired) electrons. The number of benzene rings is 2. The van der Waals surface area contributed by atoms with Gasteiger partial charge < -0.3 is 25.3 Å². The molecule has 4 rings (SSSR count). The first-order chi connectivity index (χ1) is 13.7. The molecule has 2 aromatic carbocycles. The SMILES string of the molecule is COC(=O)c1c[nH]c2ccc(NC(=O)NCCc3c[nH]c4ccccc34)cc12. The average molecular weight is 376 g/mol. The predicted molar refractivity (Wildman–Crippen MR) is 109 cm³/mol. The van der Waals surface area contributed by atoms with Crippen molar-refractivity contribution in [2.75, 3.05) is 19.0 Å². The van der Waals surface area contributed by atoms with Crippen LogP contribution < -0.4 is 10.6 Å². The Labute approximate surface area is 161 Å². The van der Waals surface area contributed by atoms with E-state index in [1.807, 2.05) is 30.5 Å². The lowest BCUT2D eigenvalue weighted by Gasteiger charge is -2.08. The second kappa shape index (κ2) is 7.48. The van der Waals surface area contributed by atoms with Gasteiger partial charge in [-0.2, -0.15) is 0 Å². The van der Waals surface area contributed by atoms with Gasteiger partial charge in [0.05, 0.1) is 12.7 Å². The summed E-state index contributed by atoms with van der Waals surface area (Å²) in [6, 6.07) is 13.1. The number of aromatic nitrogens is 2. The molecule has 2 heterocycles. The number of carbonyl (C=O) groups excluding carboxylic acids is 2. The van der Waals surface area contributed by atoms with Crippen LogP contribution in [0, 0.1) is 0 Å². The Morgan fingerprint density at radius 3 is 2.64 bits per heavy atom. The molecule has 0 aliphatic rings. The maximum absolute atomic E-state index is 12.2. The Morgan fingerprint density at radius 1 is 1.00 bits per heavy atom. The summed E-state index contributed by atoms with van der Waals surface area (Å²) in [4.78, 5) is 30.3. The molecule has 0 atom stereocenters. The molecule has 4 N–H and O–H groups in total. The third-order valence-corrected chi connectivity index (χ3v) is 4.70. The normalized spacial score (nSPS) is 10.9. The Balaban J connectivity index is 1.39. The first-order valence-electron chi connectivity index (χ1n) is 8.95. The molecule has 0 bridgehead atoms. The van der Waals surface area contributed by atoms with E-state index in [0.717, 1.165) is 28.4 Å². The summed E-state index contributed by atoms with van der Waals surface area (Å²) in [6.45, 7) is 0.507. The highest BCUT2D eigenvalue weighted by Gasteiger charge is 2.13. The fraction of sp³-hybridized carbons (Fsp3) is 0.143. The van der Waals surface area contributed by atoms with E-state index >= 15 is 0 Å². The highest BCUT2D eigenvalue weighted by Crippen LogP contribution is 2.23. The number of ether oxygens (including phenoxy) is 1.